The molecule has 0 bridgehead atoms. The van der Waals surface area contributed by atoms with Gasteiger partial charge in [-0.25, -0.2) is 0 Å². The van der Waals surface area contributed by atoms with Crippen LogP contribution in [0.3, 0.4) is 0 Å². The van der Waals surface area contributed by atoms with Crippen LogP contribution in [0.1, 0.15) is 41.0 Å². The SMILES string of the molecule is CCC(C)C(C)NCCN(CC)CC. The molecule has 0 aliphatic heterocycles. The van der Waals surface area contributed by atoms with Crippen LogP contribution >= 0.6 is 0 Å². The Morgan fingerprint density at radius 1 is 1.07 bits per heavy atom. The van der Waals surface area contributed by atoms with E-state index < -0.39 is 0 Å². The maximum absolute atomic E-state index is 3.59. The molecule has 0 saturated carbocycles. The van der Waals surface area contributed by atoms with Crippen LogP contribution in [0.2, 0.25) is 0 Å². The molecule has 1 N–H and O–H groups in total. The summed E-state index contributed by atoms with van der Waals surface area (Å²) in [6.45, 7) is 15.9. The summed E-state index contributed by atoms with van der Waals surface area (Å²) >= 11 is 0. The second kappa shape index (κ2) is 8.25. The average Bonchev–Trinajstić information content (AvgIpc) is 2.22. The van der Waals surface area contributed by atoms with E-state index in [0.717, 1.165) is 25.6 Å². The van der Waals surface area contributed by atoms with E-state index in [1.165, 1.54) is 13.0 Å². The van der Waals surface area contributed by atoms with Crippen molar-refractivity contribution in [3.05, 3.63) is 0 Å². The number of nitrogens with zero attached hydrogens (tertiary/aromatic N) is 1. The molecule has 0 spiro atoms. The first-order valence-corrected chi connectivity index (χ1v) is 6.11. The van der Waals surface area contributed by atoms with Crippen LogP contribution < -0.4 is 5.32 Å². The van der Waals surface area contributed by atoms with Crippen molar-refractivity contribution in [2.75, 3.05) is 26.2 Å². The molecule has 0 rings (SSSR count). The van der Waals surface area contributed by atoms with E-state index >= 15 is 0 Å². The fourth-order valence-electron chi connectivity index (χ4n) is 1.54. The van der Waals surface area contributed by atoms with Crippen molar-refractivity contribution in [1.82, 2.24) is 10.2 Å². The molecule has 0 saturated heterocycles. The van der Waals surface area contributed by atoms with Crippen molar-refractivity contribution in [3.63, 3.8) is 0 Å². The minimum atomic E-state index is 0.649. The molecule has 0 aliphatic carbocycles. The predicted octanol–water partition coefficient (Wildman–Crippen LogP) is 2.35. The summed E-state index contributed by atoms with van der Waals surface area (Å²) in [7, 11) is 0. The van der Waals surface area contributed by atoms with Crippen molar-refractivity contribution in [2.45, 2.75) is 47.1 Å². The molecule has 0 heterocycles. The summed E-state index contributed by atoms with van der Waals surface area (Å²) in [6.07, 6.45) is 1.26. The lowest BCUT2D eigenvalue weighted by Gasteiger charge is -2.23. The molecule has 0 fully saturated rings. The Hall–Kier alpha value is -0.0800. The Morgan fingerprint density at radius 3 is 2.07 bits per heavy atom. The van der Waals surface area contributed by atoms with Gasteiger partial charge in [0.05, 0.1) is 0 Å². The summed E-state index contributed by atoms with van der Waals surface area (Å²) in [5.74, 6) is 0.784. The molecule has 2 nitrogen and oxygen atoms in total. The van der Waals surface area contributed by atoms with E-state index in [-0.39, 0.29) is 0 Å². The predicted molar refractivity (Wildman–Crippen MR) is 64.7 cm³/mol. The van der Waals surface area contributed by atoms with Gasteiger partial charge in [-0.2, -0.15) is 0 Å². The van der Waals surface area contributed by atoms with Gasteiger partial charge in [0.25, 0.3) is 0 Å². The zero-order chi connectivity index (χ0) is 11.0. The first-order chi connectivity index (χ1) is 6.65. The maximum atomic E-state index is 3.59. The fourth-order valence-corrected chi connectivity index (χ4v) is 1.54. The van der Waals surface area contributed by atoms with Gasteiger partial charge in [-0.15, -0.1) is 0 Å². The van der Waals surface area contributed by atoms with Crippen molar-refractivity contribution in [1.29, 1.82) is 0 Å². The highest BCUT2D eigenvalue weighted by atomic mass is 15.1. The number of rotatable bonds is 8. The smallest absolute Gasteiger partial charge is 0.0107 e. The number of nitrogens with one attached hydrogen (secondary N) is 1. The molecule has 0 aromatic heterocycles. The molecule has 86 valence electrons. The molecule has 14 heavy (non-hydrogen) atoms. The summed E-state index contributed by atoms with van der Waals surface area (Å²) in [5, 5.41) is 3.59. The van der Waals surface area contributed by atoms with Gasteiger partial charge in [-0.1, -0.05) is 34.1 Å². The van der Waals surface area contributed by atoms with Crippen LogP contribution in [0.15, 0.2) is 0 Å². The Labute approximate surface area is 90.1 Å². The molecule has 0 amide bonds. The van der Waals surface area contributed by atoms with Crippen molar-refractivity contribution < 1.29 is 0 Å². The maximum Gasteiger partial charge on any atom is 0.0107 e. The lowest BCUT2D eigenvalue weighted by atomic mass is 10.0. The van der Waals surface area contributed by atoms with Gasteiger partial charge < -0.3 is 10.2 Å². The topological polar surface area (TPSA) is 15.3 Å². The largest absolute Gasteiger partial charge is 0.313 e. The van der Waals surface area contributed by atoms with Gasteiger partial charge in [-0.3, -0.25) is 0 Å². The van der Waals surface area contributed by atoms with E-state index in [1.807, 2.05) is 0 Å². The Balaban J connectivity index is 3.52. The van der Waals surface area contributed by atoms with Crippen LogP contribution in [0, 0.1) is 5.92 Å². The highest BCUT2D eigenvalue weighted by Crippen LogP contribution is 2.05. The Kier molecular flexibility index (Phi) is 8.20. The quantitative estimate of drug-likeness (QED) is 0.647. The Morgan fingerprint density at radius 2 is 1.64 bits per heavy atom. The molecule has 2 atom stereocenters. The van der Waals surface area contributed by atoms with Crippen molar-refractivity contribution in [3.8, 4) is 0 Å². The van der Waals surface area contributed by atoms with Gasteiger partial charge in [0.1, 0.15) is 0 Å². The van der Waals surface area contributed by atoms with E-state index in [2.05, 4.69) is 44.8 Å². The first-order valence-electron chi connectivity index (χ1n) is 6.11. The second-order valence-electron chi connectivity index (χ2n) is 4.16. The van der Waals surface area contributed by atoms with Crippen LogP contribution in [0.4, 0.5) is 0 Å². The summed E-state index contributed by atoms with van der Waals surface area (Å²) in [5.41, 5.74) is 0. The summed E-state index contributed by atoms with van der Waals surface area (Å²) < 4.78 is 0. The molecule has 2 unspecified atom stereocenters. The summed E-state index contributed by atoms with van der Waals surface area (Å²) in [6, 6.07) is 0.649. The average molecular weight is 200 g/mol. The molecular formula is C12H28N2. The third-order valence-corrected chi connectivity index (χ3v) is 3.29. The van der Waals surface area contributed by atoms with E-state index in [4.69, 9.17) is 0 Å². The van der Waals surface area contributed by atoms with Gasteiger partial charge in [0.15, 0.2) is 0 Å². The molecule has 0 aromatic carbocycles. The lowest BCUT2D eigenvalue weighted by molar-refractivity contribution is 0.286. The second-order valence-corrected chi connectivity index (χ2v) is 4.16. The molecule has 0 radical (unpaired) electrons. The Bertz CT molecular complexity index is 121. The van der Waals surface area contributed by atoms with E-state index in [1.54, 1.807) is 0 Å². The minimum absolute atomic E-state index is 0.649. The highest BCUT2D eigenvalue weighted by Gasteiger charge is 2.08. The standard InChI is InChI=1S/C12H28N2/c1-6-11(4)12(5)13-9-10-14(7-2)8-3/h11-13H,6-10H2,1-5H3. The third kappa shape index (κ3) is 5.61. The fraction of sp³-hybridized carbons (Fsp3) is 1.00. The van der Waals surface area contributed by atoms with E-state index in [9.17, 15) is 0 Å². The number of hydrogen-bond donors (Lipinski definition) is 1. The zero-order valence-electron chi connectivity index (χ0n) is 10.6. The van der Waals surface area contributed by atoms with Crippen LogP contribution in [0.5, 0.6) is 0 Å². The van der Waals surface area contributed by atoms with Crippen molar-refractivity contribution >= 4 is 0 Å². The van der Waals surface area contributed by atoms with Gasteiger partial charge in [0.2, 0.25) is 0 Å². The van der Waals surface area contributed by atoms with Crippen LogP contribution in [-0.2, 0) is 0 Å². The monoisotopic (exact) mass is 200 g/mol. The summed E-state index contributed by atoms with van der Waals surface area (Å²) in [4.78, 5) is 2.45. The number of likely N-dealkylation sites (N-methyl/N-ethyl adjacent to an activating group) is 1. The highest BCUT2D eigenvalue weighted by molar-refractivity contribution is 4.67. The molecule has 0 aromatic rings. The molecule has 0 aliphatic rings. The minimum Gasteiger partial charge on any atom is -0.313 e. The third-order valence-electron chi connectivity index (χ3n) is 3.29. The first kappa shape index (κ1) is 13.9. The number of hydrogen-bond acceptors (Lipinski definition) is 2. The molecular weight excluding hydrogens is 172 g/mol. The van der Waals surface area contributed by atoms with Crippen LogP contribution in [0.25, 0.3) is 0 Å². The normalized spacial score (nSPS) is 15.9. The molecule has 2 heteroatoms. The zero-order valence-corrected chi connectivity index (χ0v) is 10.6. The lowest BCUT2D eigenvalue weighted by Crippen LogP contribution is -2.38. The van der Waals surface area contributed by atoms with Crippen molar-refractivity contribution in [2.24, 2.45) is 5.92 Å². The van der Waals surface area contributed by atoms with Gasteiger partial charge in [0, 0.05) is 19.1 Å². The van der Waals surface area contributed by atoms with Gasteiger partial charge >= 0.3 is 0 Å². The van der Waals surface area contributed by atoms with Gasteiger partial charge in [-0.05, 0) is 25.9 Å². The van der Waals surface area contributed by atoms with Crippen LogP contribution in [-0.4, -0.2) is 37.1 Å². The van der Waals surface area contributed by atoms with E-state index in [0.29, 0.717) is 6.04 Å².